The standard InChI is InChI=1S/C25H29Cl2N5O4/c1-25(2,3)22-20(15-7-4-6-14(10-15)11-19(35)28-12-16(34)13-33)23(32-31-22)30-24(36)29-18-9-5-8-17(26)21(18)27/h4-10,16,33-34H,11-13H2,1-3H3,(H,28,35)(H3,29,30,31,32,36). The number of hydrogen-bond acceptors (Lipinski definition) is 5. The summed E-state index contributed by atoms with van der Waals surface area (Å²) in [5, 5.41) is 34.3. The van der Waals surface area contributed by atoms with Crippen molar-refractivity contribution in [3.8, 4) is 11.1 Å². The fourth-order valence-corrected chi connectivity index (χ4v) is 3.85. The second-order valence-corrected chi connectivity index (χ2v) is 10.1. The number of aromatic nitrogens is 2. The third-order valence-electron chi connectivity index (χ3n) is 5.24. The lowest BCUT2D eigenvalue weighted by molar-refractivity contribution is -0.121. The Morgan fingerprint density at radius 3 is 2.53 bits per heavy atom. The van der Waals surface area contributed by atoms with Crippen LogP contribution in [0.2, 0.25) is 10.0 Å². The number of aliphatic hydroxyl groups is 2. The molecule has 0 spiro atoms. The summed E-state index contributed by atoms with van der Waals surface area (Å²) in [4.78, 5) is 25.1. The summed E-state index contributed by atoms with van der Waals surface area (Å²) in [5.41, 5.74) is 2.90. The lowest BCUT2D eigenvalue weighted by Gasteiger charge is -2.19. The van der Waals surface area contributed by atoms with Crippen molar-refractivity contribution in [1.29, 1.82) is 0 Å². The second kappa shape index (κ2) is 11.7. The molecule has 6 N–H and O–H groups in total. The first-order valence-corrected chi connectivity index (χ1v) is 12.0. The molecule has 2 aromatic carbocycles. The van der Waals surface area contributed by atoms with Gasteiger partial charge in [0.25, 0.3) is 0 Å². The highest BCUT2D eigenvalue weighted by Crippen LogP contribution is 2.37. The summed E-state index contributed by atoms with van der Waals surface area (Å²) in [6.45, 7) is 5.55. The van der Waals surface area contributed by atoms with Gasteiger partial charge in [-0.2, -0.15) is 5.10 Å². The van der Waals surface area contributed by atoms with Crippen LogP contribution in [0.1, 0.15) is 32.0 Å². The summed E-state index contributed by atoms with van der Waals surface area (Å²) >= 11 is 12.2. The maximum atomic E-state index is 12.8. The van der Waals surface area contributed by atoms with Crippen LogP contribution in [0, 0.1) is 0 Å². The summed E-state index contributed by atoms with van der Waals surface area (Å²) in [6.07, 6.45) is -0.937. The molecule has 0 bridgehead atoms. The van der Waals surface area contributed by atoms with Gasteiger partial charge < -0.3 is 20.8 Å². The normalized spacial score (nSPS) is 12.2. The zero-order valence-corrected chi connectivity index (χ0v) is 21.7. The first-order valence-electron chi connectivity index (χ1n) is 11.3. The van der Waals surface area contributed by atoms with Gasteiger partial charge in [-0.1, -0.05) is 74.3 Å². The summed E-state index contributed by atoms with van der Waals surface area (Å²) < 4.78 is 0. The molecule has 1 atom stereocenters. The molecule has 0 aliphatic heterocycles. The molecule has 3 aromatic rings. The van der Waals surface area contributed by atoms with Gasteiger partial charge in [0.1, 0.15) is 5.82 Å². The Bertz CT molecular complexity index is 1240. The van der Waals surface area contributed by atoms with E-state index in [1.54, 1.807) is 18.2 Å². The first-order chi connectivity index (χ1) is 17.0. The molecule has 3 rings (SSSR count). The van der Waals surface area contributed by atoms with Crippen LogP contribution in [0.15, 0.2) is 42.5 Å². The Labute approximate surface area is 219 Å². The van der Waals surface area contributed by atoms with Gasteiger partial charge in [-0.15, -0.1) is 0 Å². The monoisotopic (exact) mass is 533 g/mol. The first kappa shape index (κ1) is 27.5. The largest absolute Gasteiger partial charge is 0.394 e. The van der Waals surface area contributed by atoms with Gasteiger partial charge in [0.05, 0.1) is 40.6 Å². The number of nitrogens with one attached hydrogen (secondary N) is 4. The van der Waals surface area contributed by atoms with Crippen LogP contribution < -0.4 is 16.0 Å². The van der Waals surface area contributed by atoms with Crippen LogP contribution in [0.25, 0.3) is 11.1 Å². The molecule has 192 valence electrons. The fourth-order valence-electron chi connectivity index (χ4n) is 3.50. The van der Waals surface area contributed by atoms with E-state index in [9.17, 15) is 14.7 Å². The van der Waals surface area contributed by atoms with Gasteiger partial charge in [-0.25, -0.2) is 4.79 Å². The van der Waals surface area contributed by atoms with Crippen molar-refractivity contribution in [3.05, 3.63) is 63.8 Å². The predicted octanol–water partition coefficient (Wildman–Crippen LogP) is 4.34. The topological polar surface area (TPSA) is 139 Å². The Morgan fingerprint density at radius 2 is 1.83 bits per heavy atom. The van der Waals surface area contributed by atoms with E-state index in [0.717, 1.165) is 16.8 Å². The van der Waals surface area contributed by atoms with Crippen molar-refractivity contribution in [1.82, 2.24) is 15.5 Å². The summed E-state index contributed by atoms with van der Waals surface area (Å²) in [5.74, 6) is 0.0854. The fraction of sp³-hybridized carbons (Fsp3) is 0.320. The van der Waals surface area contributed by atoms with E-state index in [1.807, 2.05) is 45.0 Å². The van der Waals surface area contributed by atoms with Crippen molar-refractivity contribution >= 4 is 46.6 Å². The summed E-state index contributed by atoms with van der Waals surface area (Å²) in [7, 11) is 0. The number of benzene rings is 2. The highest BCUT2D eigenvalue weighted by atomic mass is 35.5. The van der Waals surface area contributed by atoms with Crippen LogP contribution in [0.3, 0.4) is 0 Å². The summed E-state index contributed by atoms with van der Waals surface area (Å²) in [6, 6.07) is 11.7. The molecule has 9 nitrogen and oxygen atoms in total. The average molecular weight is 534 g/mol. The number of anilines is 2. The quantitative estimate of drug-likeness (QED) is 0.255. The SMILES string of the molecule is CC(C)(C)c1n[nH]c(NC(=O)Nc2cccc(Cl)c2Cl)c1-c1cccc(CC(=O)NCC(O)CO)c1. The Morgan fingerprint density at radius 1 is 1.11 bits per heavy atom. The lowest BCUT2D eigenvalue weighted by atomic mass is 9.86. The molecular weight excluding hydrogens is 505 g/mol. The number of carbonyl (C=O) groups is 2. The highest BCUT2D eigenvalue weighted by molar-refractivity contribution is 6.44. The average Bonchev–Trinajstić information content (AvgIpc) is 3.24. The van der Waals surface area contributed by atoms with Crippen molar-refractivity contribution in [2.45, 2.75) is 38.7 Å². The van der Waals surface area contributed by atoms with Crippen LogP contribution >= 0.6 is 23.2 Å². The van der Waals surface area contributed by atoms with E-state index in [0.29, 0.717) is 22.1 Å². The molecule has 11 heteroatoms. The third kappa shape index (κ3) is 6.98. The number of rotatable bonds is 8. The highest BCUT2D eigenvalue weighted by Gasteiger charge is 2.26. The van der Waals surface area contributed by atoms with Crippen molar-refractivity contribution in [3.63, 3.8) is 0 Å². The van der Waals surface area contributed by atoms with Crippen molar-refractivity contribution < 1.29 is 19.8 Å². The van der Waals surface area contributed by atoms with E-state index in [4.69, 9.17) is 28.3 Å². The Balaban J connectivity index is 1.87. The number of amides is 3. The number of aromatic amines is 1. The molecule has 0 fully saturated rings. The van der Waals surface area contributed by atoms with E-state index >= 15 is 0 Å². The van der Waals surface area contributed by atoms with Crippen molar-refractivity contribution in [2.24, 2.45) is 0 Å². The minimum Gasteiger partial charge on any atom is -0.394 e. The van der Waals surface area contributed by atoms with Gasteiger partial charge in [0, 0.05) is 17.5 Å². The molecule has 0 aliphatic rings. The smallest absolute Gasteiger partial charge is 0.324 e. The lowest BCUT2D eigenvalue weighted by Crippen LogP contribution is -2.34. The van der Waals surface area contributed by atoms with Crippen molar-refractivity contribution in [2.75, 3.05) is 23.8 Å². The van der Waals surface area contributed by atoms with E-state index in [2.05, 4.69) is 26.1 Å². The zero-order valence-electron chi connectivity index (χ0n) is 20.2. The molecule has 36 heavy (non-hydrogen) atoms. The van der Waals surface area contributed by atoms with Crippen LogP contribution in [0.5, 0.6) is 0 Å². The number of halogens is 2. The third-order valence-corrected chi connectivity index (χ3v) is 6.06. The number of aliphatic hydroxyl groups excluding tert-OH is 2. The van der Waals surface area contributed by atoms with Gasteiger partial charge >= 0.3 is 6.03 Å². The van der Waals surface area contributed by atoms with Crippen LogP contribution in [0.4, 0.5) is 16.3 Å². The van der Waals surface area contributed by atoms with E-state index in [1.165, 1.54) is 0 Å². The Hall–Kier alpha value is -3.11. The number of hydrogen-bond donors (Lipinski definition) is 6. The van der Waals surface area contributed by atoms with Gasteiger partial charge in [0.2, 0.25) is 5.91 Å². The predicted molar refractivity (Wildman–Crippen MR) is 142 cm³/mol. The molecule has 1 aromatic heterocycles. The Kier molecular flexibility index (Phi) is 8.97. The van der Waals surface area contributed by atoms with E-state index < -0.39 is 18.7 Å². The maximum Gasteiger partial charge on any atom is 0.324 e. The molecule has 0 saturated heterocycles. The van der Waals surface area contributed by atoms with Gasteiger partial charge in [-0.3, -0.25) is 15.2 Å². The van der Waals surface area contributed by atoms with Crippen LogP contribution in [-0.2, 0) is 16.6 Å². The minimum atomic E-state index is -1.01. The molecular formula is C25H29Cl2N5O4. The molecule has 0 radical (unpaired) electrons. The van der Waals surface area contributed by atoms with Gasteiger partial charge in [0.15, 0.2) is 0 Å². The number of nitrogens with zero attached hydrogens (tertiary/aromatic N) is 1. The number of urea groups is 1. The molecule has 3 amide bonds. The number of H-pyrrole nitrogens is 1. The molecule has 0 saturated carbocycles. The van der Waals surface area contributed by atoms with Gasteiger partial charge in [-0.05, 0) is 23.3 Å². The molecule has 0 aliphatic carbocycles. The maximum absolute atomic E-state index is 12.8. The minimum absolute atomic E-state index is 0.0370. The van der Waals surface area contributed by atoms with Crippen LogP contribution in [-0.4, -0.2) is 51.6 Å². The second-order valence-electron chi connectivity index (χ2n) is 9.27. The zero-order chi connectivity index (χ0) is 26.5. The molecule has 1 heterocycles. The van der Waals surface area contributed by atoms with E-state index in [-0.39, 0.29) is 29.3 Å². The molecule has 1 unspecified atom stereocenters. The number of carbonyl (C=O) groups excluding carboxylic acids is 2.